The minimum absolute atomic E-state index is 0.277. The van der Waals surface area contributed by atoms with Gasteiger partial charge in [0, 0.05) is 5.56 Å². The maximum Gasteiger partial charge on any atom is 0.225 e. The summed E-state index contributed by atoms with van der Waals surface area (Å²) >= 11 is 1.55. The van der Waals surface area contributed by atoms with Crippen LogP contribution in [0.15, 0.2) is 41.6 Å². The van der Waals surface area contributed by atoms with Gasteiger partial charge in [-0.3, -0.25) is 0 Å². The lowest BCUT2D eigenvalue weighted by molar-refractivity contribution is 0.628. The maximum absolute atomic E-state index is 12.9. The highest BCUT2D eigenvalue weighted by Crippen LogP contribution is 2.19. The summed E-state index contributed by atoms with van der Waals surface area (Å²) in [5, 5.41) is 18.7. The van der Waals surface area contributed by atoms with Gasteiger partial charge in [-0.25, -0.2) is 9.49 Å². The van der Waals surface area contributed by atoms with Gasteiger partial charge < -0.3 is 5.32 Å². The third kappa shape index (κ3) is 3.40. The van der Waals surface area contributed by atoms with Gasteiger partial charge in [0.1, 0.15) is 5.82 Å². The van der Waals surface area contributed by atoms with E-state index in [2.05, 4.69) is 30.7 Å². The molecule has 0 aliphatic heterocycles. The molecule has 112 valence electrons. The average Bonchev–Trinajstić information content (AvgIpc) is 2.97. The first kappa shape index (κ1) is 14.5. The molecule has 3 aromatic rings. The van der Waals surface area contributed by atoms with E-state index in [9.17, 15) is 4.39 Å². The fourth-order valence-corrected chi connectivity index (χ4v) is 2.32. The molecule has 2 aromatic heterocycles. The second-order valence-corrected chi connectivity index (χ2v) is 5.57. The Morgan fingerprint density at radius 3 is 2.64 bits per heavy atom. The molecule has 0 saturated heterocycles. The number of benzene rings is 1. The highest BCUT2D eigenvalue weighted by Gasteiger charge is 2.05. The number of rotatable bonds is 5. The van der Waals surface area contributed by atoms with E-state index in [0.717, 1.165) is 11.3 Å². The predicted octanol–water partition coefficient (Wildman–Crippen LogP) is 3.26. The molecule has 22 heavy (non-hydrogen) atoms. The summed E-state index contributed by atoms with van der Waals surface area (Å²) in [4.78, 5) is 4.26. The minimum Gasteiger partial charge on any atom is -0.308 e. The third-order valence-corrected chi connectivity index (χ3v) is 3.52. The first-order valence-electron chi connectivity index (χ1n) is 6.66. The lowest BCUT2D eigenvalue weighted by Gasteiger charge is -2.02. The summed E-state index contributed by atoms with van der Waals surface area (Å²) in [6.45, 7) is 2.04. The lowest BCUT2D eigenvalue weighted by Crippen LogP contribution is -1.97. The van der Waals surface area contributed by atoms with Crippen molar-refractivity contribution in [1.29, 1.82) is 0 Å². The molecule has 0 fully saturated rings. The molecule has 0 aliphatic rings. The van der Waals surface area contributed by atoms with Crippen molar-refractivity contribution in [3.05, 3.63) is 42.2 Å². The van der Waals surface area contributed by atoms with Crippen LogP contribution in [0.5, 0.6) is 0 Å². The molecule has 0 atom stereocenters. The van der Waals surface area contributed by atoms with Crippen LogP contribution in [0, 0.1) is 5.82 Å². The number of nitrogens with zero attached hydrogens (tertiary/aromatic N) is 4. The van der Waals surface area contributed by atoms with Crippen molar-refractivity contribution in [2.45, 2.75) is 12.1 Å². The van der Waals surface area contributed by atoms with Crippen LogP contribution in [0.3, 0.4) is 0 Å². The standard InChI is InChI=1S/C14H13FN6S/c1-2-22-14-17-13(20-21-14)16-12-8-7-11(18-19-12)9-3-5-10(15)6-4-9/h3-8H,2H2,1H3,(H2,16,17,19,20,21). The topological polar surface area (TPSA) is 79.4 Å². The molecule has 1 aromatic carbocycles. The molecule has 0 spiro atoms. The quantitative estimate of drug-likeness (QED) is 0.703. The molecule has 0 radical (unpaired) electrons. The van der Waals surface area contributed by atoms with Gasteiger partial charge in [-0.05, 0) is 42.2 Å². The van der Waals surface area contributed by atoms with Crippen molar-refractivity contribution in [2.75, 3.05) is 11.1 Å². The van der Waals surface area contributed by atoms with Crippen LogP contribution in [-0.2, 0) is 0 Å². The molecule has 2 heterocycles. The molecule has 0 amide bonds. The van der Waals surface area contributed by atoms with E-state index in [1.54, 1.807) is 36.0 Å². The van der Waals surface area contributed by atoms with Gasteiger partial charge in [-0.1, -0.05) is 18.7 Å². The van der Waals surface area contributed by atoms with Crippen molar-refractivity contribution < 1.29 is 4.39 Å². The number of anilines is 2. The molecule has 6 nitrogen and oxygen atoms in total. The number of thioether (sulfide) groups is 1. The summed E-state index contributed by atoms with van der Waals surface area (Å²) in [6.07, 6.45) is 0. The van der Waals surface area contributed by atoms with Gasteiger partial charge in [0.25, 0.3) is 0 Å². The van der Waals surface area contributed by atoms with Crippen LogP contribution in [0.2, 0.25) is 0 Å². The molecule has 0 aliphatic carbocycles. The van der Waals surface area contributed by atoms with Gasteiger partial charge in [-0.15, -0.1) is 15.3 Å². The highest BCUT2D eigenvalue weighted by molar-refractivity contribution is 7.99. The summed E-state index contributed by atoms with van der Waals surface area (Å²) in [5.41, 5.74) is 1.48. The van der Waals surface area contributed by atoms with Crippen LogP contribution < -0.4 is 5.32 Å². The van der Waals surface area contributed by atoms with Crippen LogP contribution >= 0.6 is 11.8 Å². The van der Waals surface area contributed by atoms with E-state index in [1.165, 1.54) is 12.1 Å². The molecule has 0 bridgehead atoms. The maximum atomic E-state index is 12.9. The average molecular weight is 316 g/mol. The van der Waals surface area contributed by atoms with E-state index in [1.807, 2.05) is 6.92 Å². The monoisotopic (exact) mass is 316 g/mol. The number of aromatic amines is 1. The van der Waals surface area contributed by atoms with Crippen molar-refractivity contribution in [3.63, 3.8) is 0 Å². The van der Waals surface area contributed by atoms with Crippen molar-refractivity contribution >= 4 is 23.5 Å². The summed E-state index contributed by atoms with van der Waals surface area (Å²) in [5.74, 6) is 1.69. The Morgan fingerprint density at radius 1 is 1.14 bits per heavy atom. The molecule has 3 rings (SSSR count). The fourth-order valence-electron chi connectivity index (χ4n) is 1.79. The Balaban J connectivity index is 1.72. The Bertz CT molecular complexity index is 741. The second kappa shape index (κ2) is 6.52. The van der Waals surface area contributed by atoms with Gasteiger partial charge in [-0.2, -0.15) is 4.98 Å². The Hall–Kier alpha value is -2.48. The number of hydrogen-bond acceptors (Lipinski definition) is 6. The van der Waals surface area contributed by atoms with Gasteiger partial charge in [0.15, 0.2) is 5.82 Å². The number of halogens is 1. The number of nitrogens with one attached hydrogen (secondary N) is 2. The molecule has 8 heteroatoms. The van der Waals surface area contributed by atoms with Gasteiger partial charge >= 0.3 is 0 Å². The van der Waals surface area contributed by atoms with Crippen molar-refractivity contribution in [2.24, 2.45) is 0 Å². The molecule has 2 N–H and O–H groups in total. The SMILES string of the molecule is CCSc1n[nH]c(Nc2ccc(-c3ccc(F)cc3)nn2)n1. The summed E-state index contributed by atoms with van der Waals surface area (Å²) in [7, 11) is 0. The van der Waals surface area contributed by atoms with E-state index in [0.29, 0.717) is 22.6 Å². The lowest BCUT2D eigenvalue weighted by atomic mass is 10.1. The normalized spacial score (nSPS) is 10.6. The number of H-pyrrole nitrogens is 1. The Kier molecular flexibility index (Phi) is 4.29. The predicted molar refractivity (Wildman–Crippen MR) is 83.5 cm³/mol. The zero-order valence-corrected chi connectivity index (χ0v) is 12.6. The summed E-state index contributed by atoms with van der Waals surface area (Å²) in [6, 6.07) is 9.70. The van der Waals surface area contributed by atoms with E-state index in [-0.39, 0.29) is 5.82 Å². The van der Waals surface area contributed by atoms with Gasteiger partial charge in [0.05, 0.1) is 5.69 Å². The first-order valence-corrected chi connectivity index (χ1v) is 7.65. The van der Waals surface area contributed by atoms with E-state index in [4.69, 9.17) is 0 Å². The molecular weight excluding hydrogens is 303 g/mol. The first-order chi connectivity index (χ1) is 10.7. The molecular formula is C14H13FN6S. The third-order valence-electron chi connectivity index (χ3n) is 2.79. The van der Waals surface area contributed by atoms with E-state index < -0.39 is 0 Å². The smallest absolute Gasteiger partial charge is 0.225 e. The number of aromatic nitrogens is 5. The van der Waals surface area contributed by atoms with Crippen LogP contribution in [0.25, 0.3) is 11.3 Å². The van der Waals surface area contributed by atoms with Crippen LogP contribution in [-0.4, -0.2) is 31.1 Å². The zero-order valence-electron chi connectivity index (χ0n) is 11.7. The summed E-state index contributed by atoms with van der Waals surface area (Å²) < 4.78 is 12.9. The van der Waals surface area contributed by atoms with Crippen molar-refractivity contribution in [1.82, 2.24) is 25.4 Å². The Morgan fingerprint density at radius 2 is 1.95 bits per heavy atom. The van der Waals surface area contributed by atoms with E-state index >= 15 is 0 Å². The van der Waals surface area contributed by atoms with Crippen LogP contribution in [0.4, 0.5) is 16.2 Å². The minimum atomic E-state index is -0.277. The molecule has 0 unspecified atom stereocenters. The number of hydrogen-bond donors (Lipinski definition) is 2. The largest absolute Gasteiger partial charge is 0.308 e. The van der Waals surface area contributed by atoms with Gasteiger partial charge in [0.2, 0.25) is 11.1 Å². The second-order valence-electron chi connectivity index (χ2n) is 4.34. The fraction of sp³-hybridized carbons (Fsp3) is 0.143. The zero-order chi connectivity index (χ0) is 15.4. The Labute approximate surface area is 130 Å². The highest BCUT2D eigenvalue weighted by atomic mass is 32.2. The van der Waals surface area contributed by atoms with Crippen molar-refractivity contribution in [3.8, 4) is 11.3 Å². The van der Waals surface area contributed by atoms with Crippen LogP contribution in [0.1, 0.15) is 6.92 Å². The molecule has 0 saturated carbocycles.